The molecule has 2 fully saturated rings. The molecule has 0 aromatic heterocycles. The molecule has 0 aliphatic carbocycles. The third-order valence-corrected chi connectivity index (χ3v) is 4.22. The lowest BCUT2D eigenvalue weighted by Gasteiger charge is -2.23. The predicted molar refractivity (Wildman–Crippen MR) is 69.6 cm³/mol. The smallest absolute Gasteiger partial charge is 0.308 e. The number of nitrogens with zero attached hydrogens (tertiary/aromatic N) is 1. The largest absolute Gasteiger partial charge is 0.481 e. The van der Waals surface area contributed by atoms with E-state index < -0.39 is 11.9 Å². The van der Waals surface area contributed by atoms with Crippen molar-refractivity contribution < 1.29 is 14.7 Å². The van der Waals surface area contributed by atoms with E-state index in [1.54, 1.807) is 29.2 Å². The summed E-state index contributed by atoms with van der Waals surface area (Å²) in [5.74, 6) is -1.30. The van der Waals surface area contributed by atoms with Gasteiger partial charge in [0.25, 0.3) is 5.91 Å². The molecule has 0 radical (unpaired) electrons. The number of fused-ring (bicyclic) bond motifs is 2. The summed E-state index contributed by atoms with van der Waals surface area (Å²) in [6.45, 7) is 0. The highest BCUT2D eigenvalue weighted by atomic mass is 16.4. The topological polar surface area (TPSA) is 83.6 Å². The van der Waals surface area contributed by atoms with Crippen LogP contribution in [-0.2, 0) is 4.79 Å². The Bertz CT molecular complexity index is 543. The monoisotopic (exact) mass is 260 g/mol. The molecule has 2 aliphatic rings. The van der Waals surface area contributed by atoms with Gasteiger partial charge in [-0.05, 0) is 37.5 Å². The summed E-state index contributed by atoms with van der Waals surface area (Å²) in [5, 5.41) is 9.19. The summed E-state index contributed by atoms with van der Waals surface area (Å²) >= 11 is 0. The van der Waals surface area contributed by atoms with Gasteiger partial charge in [0, 0.05) is 23.3 Å². The van der Waals surface area contributed by atoms with Crippen LogP contribution in [-0.4, -0.2) is 34.0 Å². The van der Waals surface area contributed by atoms with Gasteiger partial charge in [0.05, 0.1) is 5.92 Å². The van der Waals surface area contributed by atoms with Gasteiger partial charge in [-0.1, -0.05) is 6.07 Å². The van der Waals surface area contributed by atoms with E-state index in [1.165, 1.54) is 0 Å². The second-order valence-corrected chi connectivity index (χ2v) is 5.32. The average Bonchev–Trinajstić information content (AvgIpc) is 2.95. The molecule has 2 saturated heterocycles. The van der Waals surface area contributed by atoms with Gasteiger partial charge in [0.15, 0.2) is 0 Å². The third kappa shape index (κ3) is 1.85. The van der Waals surface area contributed by atoms with Crippen molar-refractivity contribution in [1.29, 1.82) is 0 Å². The molecule has 1 aromatic rings. The van der Waals surface area contributed by atoms with Crippen LogP contribution in [0.4, 0.5) is 5.69 Å². The molecular weight excluding hydrogens is 244 g/mol. The summed E-state index contributed by atoms with van der Waals surface area (Å²) in [7, 11) is 0. The second kappa shape index (κ2) is 4.26. The van der Waals surface area contributed by atoms with Crippen LogP contribution in [0.3, 0.4) is 0 Å². The predicted octanol–water partition coefficient (Wildman–Crippen LogP) is 1.35. The zero-order valence-corrected chi connectivity index (χ0v) is 10.5. The fourth-order valence-electron chi connectivity index (χ4n) is 3.39. The van der Waals surface area contributed by atoms with Crippen molar-refractivity contribution in [3.63, 3.8) is 0 Å². The summed E-state index contributed by atoms with van der Waals surface area (Å²) in [6.07, 6.45) is 2.27. The highest BCUT2D eigenvalue weighted by Gasteiger charge is 2.51. The summed E-state index contributed by atoms with van der Waals surface area (Å²) in [6, 6.07) is 6.77. The molecule has 5 nitrogen and oxygen atoms in total. The maximum Gasteiger partial charge on any atom is 0.308 e. The first-order valence-corrected chi connectivity index (χ1v) is 6.49. The number of anilines is 1. The molecule has 5 heteroatoms. The molecule has 1 amide bonds. The molecular formula is C14H16N2O3. The normalized spacial score (nSPS) is 28.6. The van der Waals surface area contributed by atoms with Gasteiger partial charge in [0.2, 0.25) is 0 Å². The number of aliphatic carboxylic acids is 1. The van der Waals surface area contributed by atoms with E-state index in [2.05, 4.69) is 0 Å². The van der Waals surface area contributed by atoms with Gasteiger partial charge in [-0.25, -0.2) is 0 Å². The Labute approximate surface area is 111 Å². The van der Waals surface area contributed by atoms with Crippen LogP contribution in [0, 0.1) is 5.92 Å². The van der Waals surface area contributed by atoms with E-state index in [0.717, 1.165) is 12.8 Å². The van der Waals surface area contributed by atoms with Gasteiger partial charge < -0.3 is 15.7 Å². The molecule has 2 aliphatic heterocycles. The standard InChI is InChI=1S/C14H16N2O3/c15-9-3-1-2-8(6-9)13(17)16-10-4-5-12(16)11(7-10)14(18)19/h1-3,6,10-12H,4-5,7,15H2,(H,18,19). The third-order valence-electron chi connectivity index (χ3n) is 4.22. The lowest BCUT2D eigenvalue weighted by atomic mass is 9.89. The number of hydrogen-bond acceptors (Lipinski definition) is 3. The summed E-state index contributed by atoms with van der Waals surface area (Å²) in [4.78, 5) is 25.5. The van der Waals surface area contributed by atoms with E-state index in [4.69, 9.17) is 5.73 Å². The molecule has 3 rings (SSSR count). The van der Waals surface area contributed by atoms with Gasteiger partial charge >= 0.3 is 5.97 Å². The van der Waals surface area contributed by atoms with Crippen molar-refractivity contribution in [2.24, 2.45) is 5.92 Å². The number of rotatable bonds is 2. The zero-order chi connectivity index (χ0) is 13.6. The number of carbonyl (C=O) groups is 2. The highest BCUT2D eigenvalue weighted by Crippen LogP contribution is 2.42. The fourth-order valence-corrected chi connectivity index (χ4v) is 3.39. The molecule has 0 saturated carbocycles. The Hall–Kier alpha value is -2.04. The number of carboxylic acids is 1. The lowest BCUT2D eigenvalue weighted by Crippen LogP contribution is -2.37. The van der Waals surface area contributed by atoms with Gasteiger partial charge in [-0.15, -0.1) is 0 Å². The van der Waals surface area contributed by atoms with Gasteiger partial charge in [0.1, 0.15) is 0 Å². The number of nitrogen functional groups attached to an aromatic ring is 1. The lowest BCUT2D eigenvalue weighted by molar-refractivity contribution is -0.142. The minimum Gasteiger partial charge on any atom is -0.481 e. The number of hydrogen-bond donors (Lipinski definition) is 2. The molecule has 0 spiro atoms. The van der Waals surface area contributed by atoms with Crippen molar-refractivity contribution in [3.8, 4) is 0 Å². The highest BCUT2D eigenvalue weighted by molar-refractivity contribution is 5.96. The molecule has 19 heavy (non-hydrogen) atoms. The van der Waals surface area contributed by atoms with E-state index in [-0.39, 0.29) is 18.0 Å². The molecule has 1 aromatic carbocycles. The molecule has 3 atom stereocenters. The zero-order valence-electron chi connectivity index (χ0n) is 10.5. The first-order chi connectivity index (χ1) is 9.08. The minimum absolute atomic E-state index is 0.0695. The number of carbonyl (C=O) groups excluding carboxylic acids is 1. The van der Waals surface area contributed by atoms with Gasteiger partial charge in [-0.3, -0.25) is 9.59 Å². The molecule has 2 heterocycles. The molecule has 2 bridgehead atoms. The Kier molecular flexibility index (Phi) is 2.69. The first kappa shape index (κ1) is 12.0. The molecule has 100 valence electrons. The van der Waals surface area contributed by atoms with Crippen molar-refractivity contribution in [2.45, 2.75) is 31.3 Å². The maximum absolute atomic E-state index is 12.5. The minimum atomic E-state index is -0.794. The van der Waals surface area contributed by atoms with E-state index >= 15 is 0 Å². The van der Waals surface area contributed by atoms with Crippen molar-refractivity contribution in [2.75, 3.05) is 5.73 Å². The average molecular weight is 260 g/mol. The Balaban J connectivity index is 1.87. The van der Waals surface area contributed by atoms with Crippen LogP contribution in [0.15, 0.2) is 24.3 Å². The Morgan fingerprint density at radius 2 is 2.11 bits per heavy atom. The van der Waals surface area contributed by atoms with Crippen molar-refractivity contribution in [3.05, 3.63) is 29.8 Å². The van der Waals surface area contributed by atoms with Crippen LogP contribution in [0.25, 0.3) is 0 Å². The second-order valence-electron chi connectivity index (χ2n) is 5.32. The molecule has 3 unspecified atom stereocenters. The van der Waals surface area contributed by atoms with Crippen LogP contribution >= 0.6 is 0 Å². The van der Waals surface area contributed by atoms with Crippen molar-refractivity contribution >= 4 is 17.6 Å². The van der Waals surface area contributed by atoms with E-state index in [9.17, 15) is 14.7 Å². The van der Waals surface area contributed by atoms with Crippen LogP contribution in [0.1, 0.15) is 29.6 Å². The summed E-state index contributed by atoms with van der Waals surface area (Å²) < 4.78 is 0. The maximum atomic E-state index is 12.5. The van der Waals surface area contributed by atoms with Crippen LogP contribution in [0.2, 0.25) is 0 Å². The fraction of sp³-hybridized carbons (Fsp3) is 0.429. The number of carboxylic acid groups (broad SMARTS) is 1. The number of benzene rings is 1. The first-order valence-electron chi connectivity index (χ1n) is 6.49. The van der Waals surface area contributed by atoms with E-state index in [0.29, 0.717) is 17.7 Å². The van der Waals surface area contributed by atoms with Crippen LogP contribution in [0.5, 0.6) is 0 Å². The summed E-state index contributed by atoms with van der Waals surface area (Å²) in [5.41, 5.74) is 6.78. The SMILES string of the molecule is Nc1cccc(C(=O)N2C3CCC2C(C(=O)O)C3)c1. The van der Waals surface area contributed by atoms with E-state index in [1.807, 2.05) is 0 Å². The number of nitrogens with two attached hydrogens (primary N) is 1. The Morgan fingerprint density at radius 3 is 2.74 bits per heavy atom. The van der Waals surface area contributed by atoms with Crippen molar-refractivity contribution in [1.82, 2.24) is 4.90 Å². The number of amides is 1. The van der Waals surface area contributed by atoms with Gasteiger partial charge in [-0.2, -0.15) is 0 Å². The quantitative estimate of drug-likeness (QED) is 0.786. The van der Waals surface area contributed by atoms with Crippen LogP contribution < -0.4 is 5.73 Å². The Morgan fingerprint density at radius 1 is 1.32 bits per heavy atom. The molecule has 3 N–H and O–H groups in total.